The fourth-order valence-corrected chi connectivity index (χ4v) is 1.20. The number of hydrogen-bond donors (Lipinski definition) is 0. The van der Waals surface area contributed by atoms with E-state index in [2.05, 4.69) is 32.7 Å². The molecular formula is C6H5ClIN3. The first-order chi connectivity index (χ1) is 4.86. The molecule has 0 spiro atoms. The molecule has 0 aliphatic rings. The third-order valence-electron chi connectivity index (χ3n) is 1.22. The average molecular weight is 281 g/mol. The van der Waals surface area contributed by atoms with Crippen LogP contribution in [0.15, 0.2) is 24.5 Å². The molecule has 0 saturated heterocycles. The summed E-state index contributed by atoms with van der Waals surface area (Å²) in [5, 5.41) is 4.18. The predicted octanol–water partition coefficient (Wildman–Crippen LogP) is 1.76. The number of hydrogen-bond acceptors (Lipinski definition) is 2. The normalized spacial score (nSPS) is 9.55. The van der Waals surface area contributed by atoms with Crippen LogP contribution >= 0.6 is 35.0 Å². The van der Waals surface area contributed by atoms with Gasteiger partial charge in [-0.25, -0.2) is 9.50 Å². The second-order valence-electron chi connectivity index (χ2n) is 1.89. The molecule has 5 heteroatoms. The highest BCUT2D eigenvalue weighted by Gasteiger charge is 1.92. The van der Waals surface area contributed by atoms with Gasteiger partial charge in [0.05, 0.1) is 0 Å². The molecule has 2 heterocycles. The first kappa shape index (κ1) is 8.73. The number of fused-ring (bicyclic) bond motifs is 1. The fraction of sp³-hybridized carbons (Fsp3) is 0. The lowest BCUT2D eigenvalue weighted by atomic mass is 10.6. The van der Waals surface area contributed by atoms with Crippen molar-refractivity contribution in [2.75, 3.05) is 0 Å². The van der Waals surface area contributed by atoms with Gasteiger partial charge < -0.3 is 0 Å². The molecule has 0 atom stereocenters. The Morgan fingerprint density at radius 3 is 3.00 bits per heavy atom. The zero-order valence-corrected chi connectivity index (χ0v) is 8.41. The molecule has 2 rings (SSSR count). The summed E-state index contributed by atoms with van der Waals surface area (Å²) in [6, 6.07) is 3.87. The van der Waals surface area contributed by atoms with Gasteiger partial charge in [0.15, 0.2) is 5.65 Å². The van der Waals surface area contributed by atoms with Crippen LogP contribution in [-0.4, -0.2) is 14.6 Å². The molecule has 0 aromatic carbocycles. The zero-order chi connectivity index (χ0) is 6.97. The summed E-state index contributed by atoms with van der Waals surface area (Å²) in [4.78, 5) is 4.06. The van der Waals surface area contributed by atoms with E-state index in [9.17, 15) is 0 Å². The molecule has 0 radical (unpaired) electrons. The Balaban J connectivity index is 0.000000605. The largest absolute Gasteiger partial charge is 0.236 e. The topological polar surface area (TPSA) is 30.2 Å². The van der Waals surface area contributed by atoms with Gasteiger partial charge in [-0.2, -0.15) is 5.10 Å². The molecule has 0 unspecified atom stereocenters. The monoisotopic (exact) mass is 281 g/mol. The Hall–Kier alpha value is -0.360. The zero-order valence-electron chi connectivity index (χ0n) is 5.44. The molecular weight excluding hydrogens is 276 g/mol. The molecule has 3 nitrogen and oxygen atoms in total. The number of aromatic nitrogens is 3. The third-order valence-corrected chi connectivity index (χ3v) is 1.80. The minimum Gasteiger partial charge on any atom is -0.236 e. The van der Waals surface area contributed by atoms with Crippen molar-refractivity contribution in [3.05, 3.63) is 28.2 Å². The number of nitrogens with zero attached hydrogens (tertiary/aromatic N) is 3. The quantitative estimate of drug-likeness (QED) is 0.689. The third kappa shape index (κ3) is 1.62. The molecule has 0 aliphatic carbocycles. The van der Waals surface area contributed by atoms with E-state index in [1.54, 1.807) is 10.7 Å². The molecule has 0 saturated carbocycles. The van der Waals surface area contributed by atoms with Crippen LogP contribution in [0.25, 0.3) is 5.65 Å². The second-order valence-corrected chi connectivity index (χ2v) is 2.99. The van der Waals surface area contributed by atoms with Crippen LogP contribution in [0.4, 0.5) is 0 Å². The van der Waals surface area contributed by atoms with Crippen molar-refractivity contribution in [1.29, 1.82) is 0 Å². The maximum absolute atomic E-state index is 4.18. The maximum atomic E-state index is 4.18. The van der Waals surface area contributed by atoms with Crippen molar-refractivity contribution in [1.82, 2.24) is 14.6 Å². The highest BCUT2D eigenvalue weighted by Crippen LogP contribution is 2.01. The van der Waals surface area contributed by atoms with Crippen LogP contribution in [0.1, 0.15) is 0 Å². The molecule has 58 valence electrons. The van der Waals surface area contributed by atoms with Crippen LogP contribution in [-0.2, 0) is 0 Å². The van der Waals surface area contributed by atoms with Crippen molar-refractivity contribution in [3.63, 3.8) is 0 Å². The number of halogens is 2. The Morgan fingerprint density at radius 2 is 2.18 bits per heavy atom. The summed E-state index contributed by atoms with van der Waals surface area (Å²) in [5.41, 5.74) is 0.889. The van der Waals surface area contributed by atoms with Crippen molar-refractivity contribution in [2.45, 2.75) is 0 Å². The standard InChI is InChI=1S/C6H4IN3.ClH/c7-5-1-2-6-8-3-4-10(6)9-5;/h1-4H;1H. The predicted molar refractivity (Wildman–Crippen MR) is 53.0 cm³/mol. The minimum atomic E-state index is 0. The van der Waals surface area contributed by atoms with Gasteiger partial charge >= 0.3 is 0 Å². The van der Waals surface area contributed by atoms with Gasteiger partial charge in [-0.1, -0.05) is 0 Å². The van der Waals surface area contributed by atoms with Crippen molar-refractivity contribution in [2.24, 2.45) is 0 Å². The summed E-state index contributed by atoms with van der Waals surface area (Å²) < 4.78 is 2.73. The summed E-state index contributed by atoms with van der Waals surface area (Å²) in [7, 11) is 0. The lowest BCUT2D eigenvalue weighted by Crippen LogP contribution is -1.90. The van der Waals surface area contributed by atoms with E-state index in [1.807, 2.05) is 18.3 Å². The molecule has 0 amide bonds. The Labute approximate surface area is 83.4 Å². The summed E-state index contributed by atoms with van der Waals surface area (Å²) in [6.07, 6.45) is 3.57. The molecule has 11 heavy (non-hydrogen) atoms. The number of imidazole rings is 1. The SMILES string of the molecule is Cl.Ic1ccc2nccn2n1. The summed E-state index contributed by atoms with van der Waals surface area (Å²) >= 11 is 2.17. The smallest absolute Gasteiger partial charge is 0.153 e. The van der Waals surface area contributed by atoms with Crippen LogP contribution in [0, 0.1) is 3.70 Å². The highest BCUT2D eigenvalue weighted by molar-refractivity contribution is 14.1. The van der Waals surface area contributed by atoms with Gasteiger partial charge in [0.2, 0.25) is 0 Å². The molecule has 0 N–H and O–H groups in total. The Morgan fingerprint density at radius 1 is 1.36 bits per heavy atom. The van der Waals surface area contributed by atoms with Crippen molar-refractivity contribution < 1.29 is 0 Å². The second kappa shape index (κ2) is 3.36. The van der Waals surface area contributed by atoms with Gasteiger partial charge in [-0.15, -0.1) is 12.4 Å². The van der Waals surface area contributed by atoms with Gasteiger partial charge in [-0.05, 0) is 34.7 Å². The Bertz CT molecular complexity index is 359. The van der Waals surface area contributed by atoms with E-state index in [0.717, 1.165) is 9.35 Å². The van der Waals surface area contributed by atoms with Crippen LogP contribution in [0.5, 0.6) is 0 Å². The van der Waals surface area contributed by atoms with Crippen LogP contribution in [0.3, 0.4) is 0 Å². The van der Waals surface area contributed by atoms with Crippen molar-refractivity contribution in [3.8, 4) is 0 Å². The average Bonchev–Trinajstić information content (AvgIpc) is 2.33. The van der Waals surface area contributed by atoms with E-state index in [-0.39, 0.29) is 12.4 Å². The lowest BCUT2D eigenvalue weighted by Gasteiger charge is -1.90. The van der Waals surface area contributed by atoms with Crippen LogP contribution < -0.4 is 0 Å². The van der Waals surface area contributed by atoms with Gasteiger partial charge in [0.25, 0.3) is 0 Å². The number of rotatable bonds is 0. The minimum absolute atomic E-state index is 0. The van der Waals surface area contributed by atoms with E-state index in [0.29, 0.717) is 0 Å². The van der Waals surface area contributed by atoms with E-state index in [1.165, 1.54) is 0 Å². The molecule has 0 bridgehead atoms. The molecule has 0 fully saturated rings. The highest BCUT2D eigenvalue weighted by atomic mass is 127. The Kier molecular flexibility index (Phi) is 2.67. The van der Waals surface area contributed by atoms with Gasteiger partial charge in [-0.3, -0.25) is 0 Å². The van der Waals surface area contributed by atoms with Crippen LogP contribution in [0.2, 0.25) is 0 Å². The molecule has 2 aromatic heterocycles. The fourth-order valence-electron chi connectivity index (χ4n) is 0.792. The molecule has 2 aromatic rings. The first-order valence-corrected chi connectivity index (χ1v) is 3.90. The van der Waals surface area contributed by atoms with E-state index >= 15 is 0 Å². The first-order valence-electron chi connectivity index (χ1n) is 2.82. The van der Waals surface area contributed by atoms with E-state index < -0.39 is 0 Å². The van der Waals surface area contributed by atoms with Gasteiger partial charge in [0.1, 0.15) is 3.70 Å². The molecule has 0 aliphatic heterocycles. The van der Waals surface area contributed by atoms with E-state index in [4.69, 9.17) is 0 Å². The summed E-state index contributed by atoms with van der Waals surface area (Å²) in [5.74, 6) is 0. The summed E-state index contributed by atoms with van der Waals surface area (Å²) in [6.45, 7) is 0. The van der Waals surface area contributed by atoms with Gasteiger partial charge in [0, 0.05) is 12.4 Å². The maximum Gasteiger partial charge on any atom is 0.153 e. The lowest BCUT2D eigenvalue weighted by molar-refractivity contribution is 0.914. The van der Waals surface area contributed by atoms with Crippen molar-refractivity contribution >= 4 is 40.6 Å².